The second-order valence-corrected chi connectivity index (χ2v) is 6.39. The molecule has 1 atom stereocenters. The van der Waals surface area contributed by atoms with E-state index in [0.29, 0.717) is 0 Å². The summed E-state index contributed by atoms with van der Waals surface area (Å²) in [6.45, 7) is 7.64. The number of benzene rings is 1. The summed E-state index contributed by atoms with van der Waals surface area (Å²) in [4.78, 5) is 12.9. The van der Waals surface area contributed by atoms with Gasteiger partial charge in [0.2, 0.25) is 0 Å². The number of hydrogen-bond donors (Lipinski definition) is 1. The normalized spacial score (nSPS) is 20.7. The van der Waals surface area contributed by atoms with E-state index in [-0.39, 0.29) is 18.0 Å². The van der Waals surface area contributed by atoms with Crippen LogP contribution in [-0.2, 0) is 10.2 Å². The fourth-order valence-electron chi connectivity index (χ4n) is 2.77. The number of aliphatic carboxylic acids is 1. The quantitative estimate of drug-likeness (QED) is 0.908. The number of carboxylic acid groups (broad SMARTS) is 1. The Morgan fingerprint density at radius 1 is 1.32 bits per heavy atom. The van der Waals surface area contributed by atoms with Crippen LogP contribution in [0.15, 0.2) is 24.3 Å². The molecule has 104 valence electrons. The smallest absolute Gasteiger partial charge is 0.317 e. The molecule has 1 aromatic carbocycles. The van der Waals surface area contributed by atoms with Crippen LogP contribution >= 0.6 is 0 Å². The molecule has 0 spiro atoms. The number of carbonyl (C=O) groups is 1. The number of hydrogen-bond acceptors (Lipinski definition) is 2. The van der Waals surface area contributed by atoms with E-state index in [4.69, 9.17) is 5.11 Å². The first-order valence-electron chi connectivity index (χ1n) is 6.94. The molecule has 3 nitrogen and oxygen atoms in total. The van der Waals surface area contributed by atoms with Crippen molar-refractivity contribution in [2.75, 3.05) is 13.1 Å². The molecule has 2 rings (SSSR count). The highest BCUT2D eigenvalue weighted by molar-refractivity contribution is 5.69. The zero-order valence-electron chi connectivity index (χ0n) is 12.0. The second kappa shape index (κ2) is 5.33. The third-order valence-corrected chi connectivity index (χ3v) is 3.86. The summed E-state index contributed by atoms with van der Waals surface area (Å²) in [5.74, 6) is -0.738. The van der Waals surface area contributed by atoms with Crippen LogP contribution in [-0.4, -0.2) is 29.1 Å². The molecule has 0 aliphatic carbocycles. The van der Waals surface area contributed by atoms with Crippen LogP contribution in [0.3, 0.4) is 0 Å². The van der Waals surface area contributed by atoms with Crippen LogP contribution in [0.5, 0.6) is 0 Å². The molecule has 0 saturated carbocycles. The average molecular weight is 261 g/mol. The summed E-state index contributed by atoms with van der Waals surface area (Å²) in [6, 6.07) is 8.93. The maximum Gasteiger partial charge on any atom is 0.317 e. The van der Waals surface area contributed by atoms with Crippen molar-refractivity contribution in [1.29, 1.82) is 0 Å². The van der Waals surface area contributed by atoms with Gasteiger partial charge in [0, 0.05) is 6.04 Å². The van der Waals surface area contributed by atoms with Crippen molar-refractivity contribution in [1.82, 2.24) is 4.90 Å². The van der Waals surface area contributed by atoms with Crippen LogP contribution in [0.25, 0.3) is 0 Å². The summed E-state index contributed by atoms with van der Waals surface area (Å²) in [7, 11) is 0. The van der Waals surface area contributed by atoms with Crippen molar-refractivity contribution in [2.24, 2.45) is 0 Å². The van der Waals surface area contributed by atoms with Crippen LogP contribution in [0.4, 0.5) is 0 Å². The van der Waals surface area contributed by atoms with Gasteiger partial charge in [-0.1, -0.05) is 45.0 Å². The molecule has 0 aromatic heterocycles. The van der Waals surface area contributed by atoms with Gasteiger partial charge < -0.3 is 5.11 Å². The van der Waals surface area contributed by atoms with Gasteiger partial charge in [-0.3, -0.25) is 9.69 Å². The Labute approximate surface area is 115 Å². The minimum absolute atomic E-state index is 0.145. The number of likely N-dealkylation sites (tertiary alicyclic amines) is 1. The van der Waals surface area contributed by atoms with Crippen LogP contribution in [0.2, 0.25) is 0 Å². The highest BCUT2D eigenvalue weighted by Crippen LogP contribution is 2.32. The van der Waals surface area contributed by atoms with Crippen molar-refractivity contribution >= 4 is 5.97 Å². The first kappa shape index (κ1) is 14.1. The van der Waals surface area contributed by atoms with E-state index in [0.717, 1.165) is 19.4 Å². The second-order valence-electron chi connectivity index (χ2n) is 6.39. The van der Waals surface area contributed by atoms with Crippen LogP contribution < -0.4 is 0 Å². The summed E-state index contributed by atoms with van der Waals surface area (Å²) in [5, 5.41) is 8.95. The number of carboxylic acids is 1. The minimum atomic E-state index is -0.738. The van der Waals surface area contributed by atoms with E-state index in [1.54, 1.807) is 0 Å². The van der Waals surface area contributed by atoms with Crippen molar-refractivity contribution in [3.63, 3.8) is 0 Å². The largest absolute Gasteiger partial charge is 0.480 e. The Morgan fingerprint density at radius 3 is 2.47 bits per heavy atom. The molecule has 1 N–H and O–H groups in total. The molecule has 0 amide bonds. The Hall–Kier alpha value is -1.35. The fourth-order valence-corrected chi connectivity index (χ4v) is 2.77. The Balaban J connectivity index is 2.15. The zero-order valence-corrected chi connectivity index (χ0v) is 12.0. The van der Waals surface area contributed by atoms with Crippen LogP contribution in [0, 0.1) is 0 Å². The molecule has 1 aliphatic heterocycles. The van der Waals surface area contributed by atoms with E-state index in [2.05, 4.69) is 49.9 Å². The lowest BCUT2D eigenvalue weighted by Crippen LogP contribution is -2.29. The molecule has 1 aromatic rings. The maximum atomic E-state index is 10.9. The highest BCUT2D eigenvalue weighted by atomic mass is 16.4. The fraction of sp³-hybridized carbons (Fsp3) is 0.562. The van der Waals surface area contributed by atoms with Crippen molar-refractivity contribution in [3.8, 4) is 0 Å². The van der Waals surface area contributed by atoms with E-state index < -0.39 is 5.97 Å². The van der Waals surface area contributed by atoms with Gasteiger partial charge in [-0.15, -0.1) is 0 Å². The van der Waals surface area contributed by atoms with E-state index >= 15 is 0 Å². The molecule has 3 heteroatoms. The van der Waals surface area contributed by atoms with E-state index in [9.17, 15) is 4.79 Å². The number of rotatable bonds is 3. The standard InChI is InChI=1S/C16H23NO2/c1-16(2,3)13-8-6-12(7-9-13)14-5-4-10-17(14)11-15(18)19/h6-9,14H,4-5,10-11H2,1-3H3,(H,18,19)/t14-/m1/s1. The third-order valence-electron chi connectivity index (χ3n) is 3.86. The maximum absolute atomic E-state index is 10.9. The summed E-state index contributed by atoms with van der Waals surface area (Å²) >= 11 is 0. The molecular weight excluding hydrogens is 238 g/mol. The Morgan fingerprint density at radius 2 is 1.95 bits per heavy atom. The third kappa shape index (κ3) is 3.35. The predicted molar refractivity (Wildman–Crippen MR) is 76.3 cm³/mol. The van der Waals surface area contributed by atoms with Crippen molar-refractivity contribution in [2.45, 2.75) is 45.1 Å². The Kier molecular flexibility index (Phi) is 3.95. The van der Waals surface area contributed by atoms with Gasteiger partial charge >= 0.3 is 5.97 Å². The van der Waals surface area contributed by atoms with E-state index in [1.165, 1.54) is 11.1 Å². The van der Waals surface area contributed by atoms with Gasteiger partial charge in [-0.25, -0.2) is 0 Å². The van der Waals surface area contributed by atoms with Gasteiger partial charge in [-0.05, 0) is 35.9 Å². The molecule has 19 heavy (non-hydrogen) atoms. The van der Waals surface area contributed by atoms with Gasteiger partial charge in [0.25, 0.3) is 0 Å². The molecule has 1 saturated heterocycles. The SMILES string of the molecule is CC(C)(C)c1ccc([C@H]2CCCN2CC(=O)O)cc1. The highest BCUT2D eigenvalue weighted by Gasteiger charge is 2.27. The van der Waals surface area contributed by atoms with E-state index in [1.807, 2.05) is 0 Å². The zero-order chi connectivity index (χ0) is 14.0. The molecule has 0 radical (unpaired) electrons. The molecule has 1 aliphatic rings. The van der Waals surface area contributed by atoms with Gasteiger partial charge in [0.05, 0.1) is 6.54 Å². The lowest BCUT2D eigenvalue weighted by molar-refractivity contribution is -0.138. The summed E-state index contributed by atoms with van der Waals surface area (Å²) in [5.41, 5.74) is 2.72. The van der Waals surface area contributed by atoms with Gasteiger partial charge in [-0.2, -0.15) is 0 Å². The lowest BCUT2D eigenvalue weighted by atomic mass is 9.86. The molecule has 1 heterocycles. The molecule has 1 fully saturated rings. The summed E-state index contributed by atoms with van der Waals surface area (Å²) in [6.07, 6.45) is 2.14. The first-order chi connectivity index (χ1) is 8.88. The molecule has 0 bridgehead atoms. The Bertz CT molecular complexity index is 445. The minimum Gasteiger partial charge on any atom is -0.480 e. The van der Waals surface area contributed by atoms with Crippen LogP contribution in [0.1, 0.15) is 50.8 Å². The van der Waals surface area contributed by atoms with Gasteiger partial charge in [0.15, 0.2) is 0 Å². The topological polar surface area (TPSA) is 40.5 Å². The lowest BCUT2D eigenvalue weighted by Gasteiger charge is -2.24. The first-order valence-corrected chi connectivity index (χ1v) is 6.94. The monoisotopic (exact) mass is 261 g/mol. The molecule has 0 unspecified atom stereocenters. The number of nitrogens with zero attached hydrogens (tertiary/aromatic N) is 1. The summed E-state index contributed by atoms with van der Waals surface area (Å²) < 4.78 is 0. The molecular formula is C16H23NO2. The van der Waals surface area contributed by atoms with Crippen molar-refractivity contribution < 1.29 is 9.90 Å². The van der Waals surface area contributed by atoms with Gasteiger partial charge in [0.1, 0.15) is 0 Å². The predicted octanol–water partition coefficient (Wildman–Crippen LogP) is 3.21. The van der Waals surface area contributed by atoms with Crippen molar-refractivity contribution in [3.05, 3.63) is 35.4 Å². The average Bonchev–Trinajstić information content (AvgIpc) is 2.75.